The third kappa shape index (κ3) is 3.52. The number of piperazine rings is 1. The fourth-order valence-corrected chi connectivity index (χ4v) is 4.35. The summed E-state index contributed by atoms with van der Waals surface area (Å²) < 4.78 is 1.37. The molecule has 0 spiro atoms. The lowest BCUT2D eigenvalue weighted by molar-refractivity contribution is -0.135. The Balaban J connectivity index is 1.25. The van der Waals surface area contributed by atoms with Gasteiger partial charge in [-0.2, -0.15) is 5.10 Å². The molecule has 0 N–H and O–H groups in total. The lowest BCUT2D eigenvalue weighted by atomic mass is 10.2. The number of hydrogen-bond acceptors (Lipinski definition) is 6. The van der Waals surface area contributed by atoms with Crippen molar-refractivity contribution in [2.24, 2.45) is 0 Å². The molecule has 152 valence electrons. The Hall–Kier alpha value is -2.77. The van der Waals surface area contributed by atoms with Crippen molar-refractivity contribution in [2.75, 3.05) is 31.1 Å². The van der Waals surface area contributed by atoms with E-state index < -0.39 is 6.04 Å². The molecule has 1 amide bonds. The van der Waals surface area contributed by atoms with E-state index in [4.69, 9.17) is 0 Å². The lowest BCUT2D eigenvalue weighted by Gasteiger charge is -2.36. The molecule has 8 nitrogen and oxygen atoms in total. The van der Waals surface area contributed by atoms with E-state index >= 15 is 0 Å². The smallest absolute Gasteiger partial charge is 0.267 e. The summed E-state index contributed by atoms with van der Waals surface area (Å²) in [6, 6.07) is 3.16. The number of rotatable bonds is 4. The van der Waals surface area contributed by atoms with Crippen LogP contribution in [-0.4, -0.2) is 56.7 Å². The molecule has 1 saturated carbocycles. The number of carbonyl (C=O) groups is 1. The van der Waals surface area contributed by atoms with E-state index in [9.17, 15) is 9.59 Å². The van der Waals surface area contributed by atoms with E-state index in [0.717, 1.165) is 55.1 Å². The molecule has 2 aromatic heterocycles. The maximum Gasteiger partial charge on any atom is 0.267 e. The zero-order valence-corrected chi connectivity index (χ0v) is 16.8. The van der Waals surface area contributed by atoms with Gasteiger partial charge in [0, 0.05) is 49.9 Å². The monoisotopic (exact) mass is 394 g/mol. The zero-order valence-electron chi connectivity index (χ0n) is 16.8. The quantitative estimate of drug-likeness (QED) is 0.777. The van der Waals surface area contributed by atoms with Crippen molar-refractivity contribution in [1.82, 2.24) is 24.6 Å². The van der Waals surface area contributed by atoms with Crippen molar-refractivity contribution in [2.45, 2.75) is 51.0 Å². The van der Waals surface area contributed by atoms with E-state index in [1.807, 2.05) is 4.90 Å². The van der Waals surface area contributed by atoms with E-state index in [0.29, 0.717) is 19.0 Å². The Bertz CT molecular complexity index is 991. The standard InChI is InChI=1S/C21H26N6O2/c1-14(27-20(28)11-16-3-2-4-17(16)24-27)21(29)26-9-7-25(8-10-26)19-12-18(15-5-6-15)22-13-23-19/h11-15H,2-10H2,1H3. The van der Waals surface area contributed by atoms with Crippen molar-refractivity contribution >= 4 is 11.7 Å². The molecule has 3 heterocycles. The van der Waals surface area contributed by atoms with Gasteiger partial charge in [0.25, 0.3) is 5.56 Å². The van der Waals surface area contributed by atoms with Crippen LogP contribution < -0.4 is 10.5 Å². The average molecular weight is 394 g/mol. The SMILES string of the molecule is CC(C(=O)N1CCN(c2cc(C3CC3)ncn2)CC1)n1nc2c(cc1=O)CCC2. The van der Waals surface area contributed by atoms with Gasteiger partial charge in [0.05, 0.1) is 5.69 Å². The van der Waals surface area contributed by atoms with E-state index in [2.05, 4.69) is 26.0 Å². The molecule has 2 aliphatic carbocycles. The van der Waals surface area contributed by atoms with Crippen LogP contribution in [0.25, 0.3) is 0 Å². The van der Waals surface area contributed by atoms with E-state index in [-0.39, 0.29) is 11.5 Å². The number of anilines is 1. The minimum absolute atomic E-state index is 0.0430. The highest BCUT2D eigenvalue weighted by molar-refractivity contribution is 5.80. The third-order valence-electron chi connectivity index (χ3n) is 6.29. The predicted octanol–water partition coefficient (Wildman–Crippen LogP) is 1.31. The Morgan fingerprint density at radius 3 is 2.66 bits per heavy atom. The molecule has 3 aliphatic rings. The van der Waals surface area contributed by atoms with E-state index in [1.165, 1.54) is 17.5 Å². The molecule has 1 saturated heterocycles. The molecular weight excluding hydrogens is 368 g/mol. The van der Waals surface area contributed by atoms with Gasteiger partial charge in [-0.05, 0) is 44.6 Å². The molecule has 2 fully saturated rings. The molecule has 29 heavy (non-hydrogen) atoms. The number of carbonyl (C=O) groups excluding carboxylic acids is 1. The molecule has 1 unspecified atom stereocenters. The first-order valence-corrected chi connectivity index (χ1v) is 10.6. The topological polar surface area (TPSA) is 84.2 Å². The van der Waals surface area contributed by atoms with Gasteiger partial charge in [-0.3, -0.25) is 9.59 Å². The van der Waals surface area contributed by atoms with Crippen molar-refractivity contribution in [3.63, 3.8) is 0 Å². The maximum atomic E-state index is 13.0. The van der Waals surface area contributed by atoms with Gasteiger partial charge in [0.2, 0.25) is 5.91 Å². The number of fused-ring (bicyclic) bond motifs is 1. The molecule has 0 aromatic carbocycles. The summed E-state index contributed by atoms with van der Waals surface area (Å²) in [6.07, 6.45) is 6.90. The van der Waals surface area contributed by atoms with Gasteiger partial charge in [-0.25, -0.2) is 14.6 Å². The van der Waals surface area contributed by atoms with Crippen LogP contribution in [0.5, 0.6) is 0 Å². The Labute approximate surface area is 169 Å². The number of aryl methyl sites for hydroxylation is 2. The summed E-state index contributed by atoms with van der Waals surface area (Å²) in [5, 5.41) is 4.49. The van der Waals surface area contributed by atoms with Crippen molar-refractivity contribution in [1.29, 1.82) is 0 Å². The lowest BCUT2D eigenvalue weighted by Crippen LogP contribution is -2.51. The average Bonchev–Trinajstić information content (AvgIpc) is 3.51. The van der Waals surface area contributed by atoms with Crippen molar-refractivity contribution < 1.29 is 4.79 Å². The molecule has 1 atom stereocenters. The first-order chi connectivity index (χ1) is 14.1. The third-order valence-corrected chi connectivity index (χ3v) is 6.29. The second-order valence-corrected chi connectivity index (χ2v) is 8.32. The van der Waals surface area contributed by atoms with Crippen LogP contribution in [0.2, 0.25) is 0 Å². The summed E-state index contributed by atoms with van der Waals surface area (Å²) in [7, 11) is 0. The van der Waals surface area contributed by atoms with E-state index in [1.54, 1.807) is 19.3 Å². The van der Waals surface area contributed by atoms with Gasteiger partial charge in [0.1, 0.15) is 18.2 Å². The number of nitrogens with zero attached hydrogens (tertiary/aromatic N) is 6. The minimum atomic E-state index is -0.583. The summed E-state index contributed by atoms with van der Waals surface area (Å²) >= 11 is 0. The second-order valence-electron chi connectivity index (χ2n) is 8.32. The highest BCUT2D eigenvalue weighted by Gasteiger charge is 2.30. The Morgan fingerprint density at radius 1 is 1.10 bits per heavy atom. The number of amides is 1. The van der Waals surface area contributed by atoms with Gasteiger partial charge in [0.15, 0.2) is 0 Å². The summed E-state index contributed by atoms with van der Waals surface area (Å²) in [6.45, 7) is 4.46. The highest BCUT2D eigenvalue weighted by Crippen LogP contribution is 2.39. The van der Waals surface area contributed by atoms with Crippen LogP contribution in [0.1, 0.15) is 55.1 Å². The van der Waals surface area contributed by atoms with Crippen molar-refractivity contribution in [3.8, 4) is 0 Å². The van der Waals surface area contributed by atoms with Crippen LogP contribution >= 0.6 is 0 Å². The molecule has 8 heteroatoms. The number of hydrogen-bond donors (Lipinski definition) is 0. The van der Waals surface area contributed by atoms with Gasteiger partial charge >= 0.3 is 0 Å². The molecule has 5 rings (SSSR count). The van der Waals surface area contributed by atoms with Crippen LogP contribution in [-0.2, 0) is 17.6 Å². The minimum Gasteiger partial charge on any atom is -0.353 e. The fourth-order valence-electron chi connectivity index (χ4n) is 4.35. The number of aromatic nitrogens is 4. The first-order valence-electron chi connectivity index (χ1n) is 10.6. The molecule has 2 aromatic rings. The van der Waals surface area contributed by atoms with Gasteiger partial charge in [-0.15, -0.1) is 0 Å². The molecule has 0 bridgehead atoms. The second kappa shape index (κ2) is 7.24. The summed E-state index contributed by atoms with van der Waals surface area (Å²) in [5.41, 5.74) is 2.95. The van der Waals surface area contributed by atoms with Crippen LogP contribution in [0.4, 0.5) is 5.82 Å². The van der Waals surface area contributed by atoms with Crippen LogP contribution in [0.15, 0.2) is 23.3 Å². The van der Waals surface area contributed by atoms with Crippen LogP contribution in [0, 0.1) is 0 Å². The van der Waals surface area contributed by atoms with Crippen molar-refractivity contribution in [3.05, 3.63) is 45.8 Å². The first kappa shape index (κ1) is 18.3. The maximum absolute atomic E-state index is 13.0. The normalized spacial score (nSPS) is 19.9. The molecular formula is C21H26N6O2. The predicted molar refractivity (Wildman–Crippen MR) is 108 cm³/mol. The zero-order chi connectivity index (χ0) is 20.0. The van der Waals surface area contributed by atoms with Crippen LogP contribution in [0.3, 0.4) is 0 Å². The highest BCUT2D eigenvalue weighted by atomic mass is 16.2. The summed E-state index contributed by atoms with van der Waals surface area (Å²) in [5.74, 6) is 1.50. The largest absolute Gasteiger partial charge is 0.353 e. The Morgan fingerprint density at radius 2 is 1.90 bits per heavy atom. The summed E-state index contributed by atoms with van der Waals surface area (Å²) in [4.78, 5) is 38.3. The molecule has 1 aliphatic heterocycles. The molecule has 0 radical (unpaired) electrons. The van der Waals surface area contributed by atoms with Gasteiger partial charge < -0.3 is 9.80 Å². The van der Waals surface area contributed by atoms with Gasteiger partial charge in [-0.1, -0.05) is 0 Å². The fraction of sp³-hybridized carbons (Fsp3) is 0.571. The Kier molecular flexibility index (Phi) is 4.56.